The van der Waals surface area contributed by atoms with Gasteiger partial charge in [-0.2, -0.15) is 0 Å². The van der Waals surface area contributed by atoms with Gasteiger partial charge in [0.25, 0.3) is 5.91 Å². The molecule has 0 aromatic heterocycles. The first-order valence-corrected chi connectivity index (χ1v) is 8.00. The van der Waals surface area contributed by atoms with Crippen LogP contribution < -0.4 is 0 Å². The van der Waals surface area contributed by atoms with Gasteiger partial charge in [0.2, 0.25) is 0 Å². The Morgan fingerprint density at radius 3 is 2.74 bits per heavy atom. The van der Waals surface area contributed by atoms with Gasteiger partial charge in [-0.05, 0) is 12.1 Å². The van der Waals surface area contributed by atoms with Crippen molar-refractivity contribution in [3.05, 3.63) is 34.9 Å². The molecule has 0 aliphatic carbocycles. The molecule has 0 unspecified atom stereocenters. The molecule has 6 nitrogen and oxygen atoms in total. The molecule has 2 aliphatic rings. The zero-order valence-corrected chi connectivity index (χ0v) is 13.4. The van der Waals surface area contributed by atoms with Crippen molar-refractivity contribution in [1.82, 2.24) is 9.80 Å². The zero-order chi connectivity index (χ0) is 16.4. The normalized spacial score (nSPS) is 25.0. The lowest BCUT2D eigenvalue weighted by Crippen LogP contribution is -2.47. The van der Waals surface area contributed by atoms with Crippen LogP contribution in [0, 0.1) is 5.92 Å². The number of ether oxygens (including phenoxy) is 1. The van der Waals surface area contributed by atoms with E-state index in [1.807, 2.05) is 4.90 Å². The van der Waals surface area contributed by atoms with Gasteiger partial charge in [-0.15, -0.1) is 0 Å². The number of aliphatic carboxylic acids is 1. The maximum atomic E-state index is 12.8. The van der Waals surface area contributed by atoms with Crippen LogP contribution in [0.15, 0.2) is 24.3 Å². The second-order valence-electron chi connectivity index (χ2n) is 6.07. The van der Waals surface area contributed by atoms with E-state index in [0.29, 0.717) is 43.4 Å². The summed E-state index contributed by atoms with van der Waals surface area (Å²) in [6.45, 7) is 2.58. The van der Waals surface area contributed by atoms with Crippen molar-refractivity contribution in [2.45, 2.75) is 6.04 Å². The van der Waals surface area contributed by atoms with E-state index in [1.165, 1.54) is 0 Å². The number of carbonyl (C=O) groups is 2. The summed E-state index contributed by atoms with van der Waals surface area (Å²) >= 11 is 6.14. The molecule has 2 saturated heterocycles. The molecule has 0 saturated carbocycles. The summed E-state index contributed by atoms with van der Waals surface area (Å²) in [4.78, 5) is 27.5. The van der Waals surface area contributed by atoms with E-state index in [-0.39, 0.29) is 24.4 Å². The van der Waals surface area contributed by atoms with Crippen molar-refractivity contribution in [3.63, 3.8) is 0 Å². The van der Waals surface area contributed by atoms with Gasteiger partial charge in [0, 0.05) is 25.6 Å². The van der Waals surface area contributed by atoms with Crippen LogP contribution in [0.25, 0.3) is 0 Å². The molecule has 2 heterocycles. The summed E-state index contributed by atoms with van der Waals surface area (Å²) in [7, 11) is 0. The zero-order valence-electron chi connectivity index (χ0n) is 12.7. The number of hydrogen-bond acceptors (Lipinski definition) is 4. The molecular weight excluding hydrogens is 320 g/mol. The lowest BCUT2D eigenvalue weighted by atomic mass is 10.1. The van der Waals surface area contributed by atoms with Gasteiger partial charge in [0.15, 0.2) is 0 Å². The molecule has 2 bridgehead atoms. The Bertz CT molecular complexity index is 609. The summed E-state index contributed by atoms with van der Waals surface area (Å²) in [5, 5.41) is 9.52. The quantitative estimate of drug-likeness (QED) is 0.896. The number of carboxylic acids is 1. The third-order valence-corrected chi connectivity index (χ3v) is 4.64. The fourth-order valence-corrected chi connectivity index (χ4v) is 3.48. The van der Waals surface area contributed by atoms with Crippen LogP contribution >= 0.6 is 11.6 Å². The number of carboxylic acid groups (broad SMARTS) is 1. The highest BCUT2D eigenvalue weighted by atomic mass is 35.5. The topological polar surface area (TPSA) is 70.1 Å². The van der Waals surface area contributed by atoms with Gasteiger partial charge in [-0.25, -0.2) is 0 Å². The Labute approximate surface area is 139 Å². The molecule has 124 valence electrons. The van der Waals surface area contributed by atoms with Gasteiger partial charge >= 0.3 is 5.97 Å². The molecular formula is C16H19ClN2O4. The van der Waals surface area contributed by atoms with Crippen LogP contribution in [0.2, 0.25) is 5.02 Å². The monoisotopic (exact) mass is 338 g/mol. The molecule has 1 amide bonds. The highest BCUT2D eigenvalue weighted by Crippen LogP contribution is 2.23. The van der Waals surface area contributed by atoms with Crippen LogP contribution in [0.5, 0.6) is 0 Å². The van der Waals surface area contributed by atoms with Gasteiger partial charge < -0.3 is 14.7 Å². The highest BCUT2D eigenvalue weighted by molar-refractivity contribution is 6.33. The minimum absolute atomic E-state index is 0.0291. The number of amides is 1. The standard InChI is InChI=1S/C16H19ClN2O4/c17-14-4-2-1-3-13(14)16(22)19-6-11-5-18(8-15(20)21)12(7-19)10-23-9-11/h1-4,11-12H,5-10H2,(H,20,21)/t11-,12+/m1/s1. The summed E-state index contributed by atoms with van der Waals surface area (Å²) in [5.41, 5.74) is 0.486. The minimum atomic E-state index is -0.860. The predicted molar refractivity (Wildman–Crippen MR) is 84.7 cm³/mol. The van der Waals surface area contributed by atoms with E-state index < -0.39 is 5.97 Å². The Balaban J connectivity index is 1.81. The predicted octanol–water partition coefficient (Wildman–Crippen LogP) is 1.20. The number of benzene rings is 1. The fourth-order valence-electron chi connectivity index (χ4n) is 3.27. The number of rotatable bonds is 3. The number of hydrogen-bond donors (Lipinski definition) is 1. The molecule has 2 atom stereocenters. The summed E-state index contributed by atoms with van der Waals surface area (Å²) in [5.74, 6) is -0.862. The highest BCUT2D eigenvalue weighted by Gasteiger charge is 2.36. The lowest BCUT2D eigenvalue weighted by Gasteiger charge is -2.30. The van der Waals surface area contributed by atoms with Crippen LogP contribution in [-0.2, 0) is 9.53 Å². The SMILES string of the molecule is O=C(O)CN1C[C@H]2COC[C@@H]1CN(C(=O)c1ccccc1Cl)C2. The first-order valence-electron chi connectivity index (χ1n) is 7.62. The summed E-state index contributed by atoms with van der Waals surface area (Å²) in [6, 6.07) is 6.89. The summed E-state index contributed by atoms with van der Waals surface area (Å²) in [6.07, 6.45) is 0. The second-order valence-corrected chi connectivity index (χ2v) is 6.48. The maximum absolute atomic E-state index is 12.8. The van der Waals surface area contributed by atoms with Crippen molar-refractivity contribution in [1.29, 1.82) is 0 Å². The molecule has 7 heteroatoms. The van der Waals surface area contributed by atoms with E-state index >= 15 is 0 Å². The van der Waals surface area contributed by atoms with E-state index in [4.69, 9.17) is 21.4 Å². The van der Waals surface area contributed by atoms with Crippen LogP contribution in [-0.4, -0.2) is 72.2 Å². The minimum Gasteiger partial charge on any atom is -0.480 e. The molecule has 1 N–H and O–H groups in total. The van der Waals surface area contributed by atoms with Crippen molar-refractivity contribution < 1.29 is 19.4 Å². The Morgan fingerprint density at radius 2 is 2.00 bits per heavy atom. The first-order chi connectivity index (χ1) is 11.0. The van der Waals surface area contributed by atoms with Gasteiger partial charge in [-0.3, -0.25) is 14.5 Å². The lowest BCUT2D eigenvalue weighted by molar-refractivity contribution is -0.139. The maximum Gasteiger partial charge on any atom is 0.317 e. The van der Waals surface area contributed by atoms with E-state index in [2.05, 4.69) is 0 Å². The third-order valence-electron chi connectivity index (χ3n) is 4.31. The van der Waals surface area contributed by atoms with Crippen molar-refractivity contribution in [2.24, 2.45) is 5.92 Å². The van der Waals surface area contributed by atoms with Crippen LogP contribution in [0.1, 0.15) is 10.4 Å². The molecule has 3 rings (SSSR count). The van der Waals surface area contributed by atoms with E-state index in [1.54, 1.807) is 29.2 Å². The number of fused-ring (bicyclic) bond motifs is 3. The molecule has 0 radical (unpaired) electrons. The van der Waals surface area contributed by atoms with Gasteiger partial charge in [0.1, 0.15) is 0 Å². The summed E-state index contributed by atoms with van der Waals surface area (Å²) < 4.78 is 5.63. The smallest absolute Gasteiger partial charge is 0.317 e. The fraction of sp³-hybridized carbons (Fsp3) is 0.500. The average molecular weight is 339 g/mol. The molecule has 1 aromatic rings. The van der Waals surface area contributed by atoms with Crippen molar-refractivity contribution in [2.75, 3.05) is 39.4 Å². The van der Waals surface area contributed by atoms with E-state index in [0.717, 1.165) is 0 Å². The van der Waals surface area contributed by atoms with Crippen molar-refractivity contribution in [3.8, 4) is 0 Å². The average Bonchev–Trinajstić information content (AvgIpc) is 2.76. The Morgan fingerprint density at radius 1 is 1.22 bits per heavy atom. The Kier molecular flexibility index (Phi) is 4.84. The van der Waals surface area contributed by atoms with Crippen LogP contribution in [0.3, 0.4) is 0 Å². The first kappa shape index (κ1) is 16.2. The number of nitrogens with zero attached hydrogens (tertiary/aromatic N) is 2. The van der Waals surface area contributed by atoms with Gasteiger partial charge in [0.05, 0.1) is 36.4 Å². The van der Waals surface area contributed by atoms with Crippen molar-refractivity contribution >= 4 is 23.5 Å². The third kappa shape index (κ3) is 3.65. The second kappa shape index (κ2) is 6.86. The van der Waals surface area contributed by atoms with Crippen LogP contribution in [0.4, 0.5) is 0 Å². The molecule has 2 fully saturated rings. The molecule has 23 heavy (non-hydrogen) atoms. The van der Waals surface area contributed by atoms with Gasteiger partial charge in [-0.1, -0.05) is 23.7 Å². The number of carbonyl (C=O) groups excluding carboxylic acids is 1. The molecule has 2 aliphatic heterocycles. The Hall–Kier alpha value is -1.63. The molecule has 0 spiro atoms. The number of halogens is 1. The van der Waals surface area contributed by atoms with E-state index in [9.17, 15) is 9.59 Å². The molecule has 1 aromatic carbocycles. The largest absolute Gasteiger partial charge is 0.480 e.